The normalized spacial score (nSPS) is 17.5. The van der Waals surface area contributed by atoms with Crippen LogP contribution in [-0.4, -0.2) is 9.97 Å². The highest BCUT2D eigenvalue weighted by molar-refractivity contribution is 7.09. The lowest BCUT2D eigenvalue weighted by molar-refractivity contribution is 0.337. The third-order valence-corrected chi connectivity index (χ3v) is 5.46. The van der Waals surface area contributed by atoms with E-state index in [0.717, 1.165) is 35.7 Å². The van der Waals surface area contributed by atoms with Crippen LogP contribution in [-0.2, 0) is 12.1 Å². The molecule has 0 unspecified atom stereocenters. The maximum Gasteiger partial charge on any atom is 0.113 e. The summed E-state index contributed by atoms with van der Waals surface area (Å²) >= 11 is 7.96. The quantitative estimate of drug-likeness (QED) is 0.925. The first-order valence-corrected chi connectivity index (χ1v) is 8.21. The van der Waals surface area contributed by atoms with Crippen LogP contribution in [0.25, 0.3) is 0 Å². The predicted molar refractivity (Wildman–Crippen MR) is 83.1 cm³/mol. The van der Waals surface area contributed by atoms with Crippen molar-refractivity contribution in [2.45, 2.75) is 44.7 Å². The number of aryl methyl sites for hydroxylation is 1. The number of nitrogens with zero attached hydrogens (tertiary/aromatic N) is 2. The molecule has 1 N–H and O–H groups in total. The standard InChI is InChI=1S/C15H18ClN3S/c1-11-10-20-14(19-11)15(5-2-3-6-15)18-8-12-4-7-17-9-13(12)16/h4,7,9-10,18H,2-3,5-6,8H2,1H3. The average Bonchev–Trinajstić information content (AvgIpc) is 3.08. The number of rotatable bonds is 4. The molecule has 5 heteroatoms. The fourth-order valence-electron chi connectivity index (χ4n) is 2.83. The Kier molecular flexibility index (Phi) is 4.06. The Hall–Kier alpha value is -0.970. The highest BCUT2D eigenvalue weighted by atomic mass is 35.5. The molecule has 1 fully saturated rings. The molecule has 1 aliphatic carbocycles. The number of hydrogen-bond acceptors (Lipinski definition) is 4. The Morgan fingerprint density at radius 3 is 2.85 bits per heavy atom. The van der Waals surface area contributed by atoms with Gasteiger partial charge in [-0.05, 0) is 31.4 Å². The van der Waals surface area contributed by atoms with Gasteiger partial charge in [0, 0.05) is 30.0 Å². The van der Waals surface area contributed by atoms with Crippen LogP contribution in [0, 0.1) is 6.92 Å². The molecule has 0 bridgehead atoms. The Labute approximate surface area is 128 Å². The minimum atomic E-state index is 0.0333. The van der Waals surface area contributed by atoms with E-state index in [-0.39, 0.29) is 5.54 Å². The van der Waals surface area contributed by atoms with E-state index in [1.807, 2.05) is 6.07 Å². The highest BCUT2D eigenvalue weighted by Crippen LogP contribution is 2.40. The summed E-state index contributed by atoms with van der Waals surface area (Å²) in [4.78, 5) is 8.74. The van der Waals surface area contributed by atoms with Crippen molar-refractivity contribution in [1.82, 2.24) is 15.3 Å². The Morgan fingerprint density at radius 2 is 2.20 bits per heavy atom. The van der Waals surface area contributed by atoms with Gasteiger partial charge in [0.15, 0.2) is 0 Å². The van der Waals surface area contributed by atoms with Gasteiger partial charge in [-0.2, -0.15) is 0 Å². The Balaban J connectivity index is 1.80. The van der Waals surface area contributed by atoms with E-state index in [2.05, 4.69) is 22.6 Å². The summed E-state index contributed by atoms with van der Waals surface area (Å²) in [6, 6.07) is 1.98. The van der Waals surface area contributed by atoms with Crippen LogP contribution in [0.2, 0.25) is 5.02 Å². The van der Waals surface area contributed by atoms with Gasteiger partial charge in [0.1, 0.15) is 5.01 Å². The topological polar surface area (TPSA) is 37.8 Å². The van der Waals surface area contributed by atoms with E-state index < -0.39 is 0 Å². The third-order valence-electron chi connectivity index (χ3n) is 3.96. The molecular formula is C15H18ClN3S. The molecule has 1 saturated carbocycles. The summed E-state index contributed by atoms with van der Waals surface area (Å²) in [6.45, 7) is 2.82. The molecule has 2 heterocycles. The zero-order valence-corrected chi connectivity index (χ0v) is 13.1. The largest absolute Gasteiger partial charge is 0.301 e. The molecule has 2 aromatic heterocycles. The lowest BCUT2D eigenvalue weighted by Crippen LogP contribution is -2.39. The number of hydrogen-bond donors (Lipinski definition) is 1. The molecule has 1 aliphatic rings. The van der Waals surface area contributed by atoms with Crippen LogP contribution >= 0.6 is 22.9 Å². The third kappa shape index (κ3) is 2.73. The van der Waals surface area contributed by atoms with Crippen molar-refractivity contribution in [2.75, 3.05) is 0 Å². The molecule has 0 radical (unpaired) electrons. The van der Waals surface area contributed by atoms with Crippen LogP contribution in [0.5, 0.6) is 0 Å². The SMILES string of the molecule is Cc1csc(C2(NCc3ccncc3Cl)CCCC2)n1. The summed E-state index contributed by atoms with van der Waals surface area (Å²) in [5.41, 5.74) is 2.24. The van der Waals surface area contributed by atoms with Crippen LogP contribution in [0.4, 0.5) is 0 Å². The first-order valence-electron chi connectivity index (χ1n) is 6.96. The van der Waals surface area contributed by atoms with Crippen molar-refractivity contribution in [2.24, 2.45) is 0 Å². The van der Waals surface area contributed by atoms with Crippen LogP contribution in [0.3, 0.4) is 0 Å². The van der Waals surface area contributed by atoms with Crippen molar-refractivity contribution in [3.63, 3.8) is 0 Å². The van der Waals surface area contributed by atoms with Crippen LogP contribution < -0.4 is 5.32 Å². The number of pyridine rings is 1. The van der Waals surface area contributed by atoms with E-state index >= 15 is 0 Å². The Morgan fingerprint density at radius 1 is 1.40 bits per heavy atom. The lowest BCUT2D eigenvalue weighted by Gasteiger charge is -2.28. The van der Waals surface area contributed by atoms with Gasteiger partial charge in [-0.25, -0.2) is 4.98 Å². The molecule has 20 heavy (non-hydrogen) atoms. The minimum Gasteiger partial charge on any atom is -0.301 e. The molecular weight excluding hydrogens is 290 g/mol. The zero-order chi connectivity index (χ0) is 14.0. The maximum absolute atomic E-state index is 6.19. The van der Waals surface area contributed by atoms with Crippen LogP contribution in [0.1, 0.15) is 41.9 Å². The lowest BCUT2D eigenvalue weighted by atomic mass is 9.98. The van der Waals surface area contributed by atoms with Gasteiger partial charge in [-0.15, -0.1) is 11.3 Å². The number of thiazole rings is 1. The highest BCUT2D eigenvalue weighted by Gasteiger charge is 2.37. The van der Waals surface area contributed by atoms with Gasteiger partial charge in [-0.3, -0.25) is 4.98 Å². The Bertz CT molecular complexity index is 590. The van der Waals surface area contributed by atoms with E-state index in [1.54, 1.807) is 23.7 Å². The van der Waals surface area contributed by atoms with E-state index in [1.165, 1.54) is 17.8 Å². The van der Waals surface area contributed by atoms with Gasteiger partial charge in [0.05, 0.1) is 10.6 Å². The maximum atomic E-state index is 6.19. The number of nitrogens with one attached hydrogen (secondary N) is 1. The second kappa shape index (κ2) is 5.80. The fourth-order valence-corrected chi connectivity index (χ4v) is 4.05. The molecule has 0 atom stereocenters. The summed E-state index contributed by atoms with van der Waals surface area (Å²) in [7, 11) is 0. The minimum absolute atomic E-state index is 0.0333. The molecule has 106 valence electrons. The molecule has 3 rings (SSSR count). The van der Waals surface area contributed by atoms with Gasteiger partial charge < -0.3 is 5.32 Å². The average molecular weight is 308 g/mol. The summed E-state index contributed by atoms with van der Waals surface area (Å²) in [6.07, 6.45) is 8.32. The second-order valence-corrected chi connectivity index (χ2v) is 6.67. The molecule has 0 spiro atoms. The summed E-state index contributed by atoms with van der Waals surface area (Å²) in [5, 5.41) is 7.80. The van der Waals surface area contributed by atoms with E-state index in [4.69, 9.17) is 16.6 Å². The summed E-state index contributed by atoms with van der Waals surface area (Å²) < 4.78 is 0. The summed E-state index contributed by atoms with van der Waals surface area (Å²) in [5.74, 6) is 0. The fraction of sp³-hybridized carbons (Fsp3) is 0.467. The molecule has 0 aliphatic heterocycles. The van der Waals surface area contributed by atoms with Gasteiger partial charge in [0.2, 0.25) is 0 Å². The zero-order valence-electron chi connectivity index (χ0n) is 11.5. The first kappa shape index (κ1) is 14.0. The molecule has 2 aromatic rings. The van der Waals surface area contributed by atoms with Crippen LogP contribution in [0.15, 0.2) is 23.8 Å². The molecule has 0 aromatic carbocycles. The second-order valence-electron chi connectivity index (χ2n) is 5.40. The van der Waals surface area contributed by atoms with Crippen molar-refractivity contribution in [3.8, 4) is 0 Å². The first-order chi connectivity index (χ1) is 9.70. The molecule has 0 amide bonds. The van der Waals surface area contributed by atoms with Crippen molar-refractivity contribution in [3.05, 3.63) is 45.1 Å². The van der Waals surface area contributed by atoms with Gasteiger partial charge >= 0.3 is 0 Å². The van der Waals surface area contributed by atoms with E-state index in [9.17, 15) is 0 Å². The van der Waals surface area contributed by atoms with Crippen molar-refractivity contribution < 1.29 is 0 Å². The number of halogens is 1. The molecule has 3 nitrogen and oxygen atoms in total. The molecule has 0 saturated heterocycles. The van der Waals surface area contributed by atoms with Gasteiger partial charge in [-0.1, -0.05) is 24.4 Å². The van der Waals surface area contributed by atoms with Crippen molar-refractivity contribution >= 4 is 22.9 Å². The smallest absolute Gasteiger partial charge is 0.113 e. The monoisotopic (exact) mass is 307 g/mol. The van der Waals surface area contributed by atoms with Gasteiger partial charge in [0.25, 0.3) is 0 Å². The predicted octanol–water partition coefficient (Wildman–Crippen LogP) is 4.06. The van der Waals surface area contributed by atoms with E-state index in [0.29, 0.717) is 0 Å². The van der Waals surface area contributed by atoms with Crippen molar-refractivity contribution in [1.29, 1.82) is 0 Å². The number of aromatic nitrogens is 2.